The standard InChI is InChI=1S/C18H31NO/c1-7-16(8-2)19-13-14(3)20-17-11-9-15(10-12-17)18(4,5)6/h9-12,14,16,19H,7-8,13H2,1-6H3. The molecule has 0 amide bonds. The highest BCUT2D eigenvalue weighted by Gasteiger charge is 2.13. The van der Waals surface area contributed by atoms with Crippen LogP contribution in [0.3, 0.4) is 0 Å². The van der Waals surface area contributed by atoms with Crippen molar-refractivity contribution in [1.29, 1.82) is 0 Å². The number of nitrogens with one attached hydrogen (secondary N) is 1. The topological polar surface area (TPSA) is 21.3 Å². The molecule has 0 spiro atoms. The van der Waals surface area contributed by atoms with Crippen LogP contribution < -0.4 is 10.1 Å². The Hall–Kier alpha value is -1.02. The Bertz CT molecular complexity index is 373. The van der Waals surface area contributed by atoms with E-state index in [0.29, 0.717) is 6.04 Å². The summed E-state index contributed by atoms with van der Waals surface area (Å²) < 4.78 is 5.96. The predicted molar refractivity (Wildman–Crippen MR) is 87.6 cm³/mol. The highest BCUT2D eigenvalue weighted by atomic mass is 16.5. The molecule has 114 valence electrons. The molecule has 0 radical (unpaired) electrons. The van der Waals surface area contributed by atoms with E-state index in [0.717, 1.165) is 12.3 Å². The second kappa shape index (κ2) is 7.68. The molecular formula is C18H31NO. The number of hydrogen-bond acceptors (Lipinski definition) is 2. The van der Waals surface area contributed by atoms with Gasteiger partial charge in [-0.1, -0.05) is 46.8 Å². The molecule has 0 fully saturated rings. The molecule has 0 aliphatic carbocycles. The molecule has 1 atom stereocenters. The van der Waals surface area contributed by atoms with Crippen molar-refractivity contribution in [2.75, 3.05) is 6.54 Å². The van der Waals surface area contributed by atoms with Gasteiger partial charge in [-0.3, -0.25) is 0 Å². The molecule has 1 N–H and O–H groups in total. The van der Waals surface area contributed by atoms with Gasteiger partial charge in [-0.25, -0.2) is 0 Å². The predicted octanol–water partition coefficient (Wildman–Crippen LogP) is 4.53. The third kappa shape index (κ3) is 5.54. The summed E-state index contributed by atoms with van der Waals surface area (Å²) in [5.74, 6) is 0.955. The fourth-order valence-corrected chi connectivity index (χ4v) is 2.22. The maximum Gasteiger partial charge on any atom is 0.119 e. The fourth-order valence-electron chi connectivity index (χ4n) is 2.22. The second-order valence-electron chi connectivity index (χ2n) is 6.62. The van der Waals surface area contributed by atoms with Crippen LogP contribution in [0.1, 0.15) is 59.9 Å². The Kier molecular flexibility index (Phi) is 6.54. The lowest BCUT2D eigenvalue weighted by Crippen LogP contribution is -2.36. The van der Waals surface area contributed by atoms with Gasteiger partial charge in [0.15, 0.2) is 0 Å². The van der Waals surface area contributed by atoms with E-state index in [-0.39, 0.29) is 11.5 Å². The Balaban J connectivity index is 2.48. The van der Waals surface area contributed by atoms with Gasteiger partial charge in [-0.15, -0.1) is 0 Å². The summed E-state index contributed by atoms with van der Waals surface area (Å²) in [5, 5.41) is 3.55. The minimum Gasteiger partial charge on any atom is -0.489 e. The first-order valence-corrected chi connectivity index (χ1v) is 7.87. The highest BCUT2D eigenvalue weighted by molar-refractivity contribution is 5.31. The lowest BCUT2D eigenvalue weighted by molar-refractivity contribution is 0.210. The molecule has 1 unspecified atom stereocenters. The van der Waals surface area contributed by atoms with Gasteiger partial charge in [0, 0.05) is 12.6 Å². The average Bonchev–Trinajstić information content (AvgIpc) is 2.39. The van der Waals surface area contributed by atoms with E-state index in [1.165, 1.54) is 18.4 Å². The van der Waals surface area contributed by atoms with Crippen molar-refractivity contribution in [3.05, 3.63) is 29.8 Å². The maximum absolute atomic E-state index is 5.96. The molecule has 1 aromatic carbocycles. The molecule has 0 bridgehead atoms. The largest absolute Gasteiger partial charge is 0.489 e. The van der Waals surface area contributed by atoms with Gasteiger partial charge >= 0.3 is 0 Å². The molecule has 1 aromatic rings. The minimum absolute atomic E-state index is 0.191. The molecule has 0 aliphatic heterocycles. The van der Waals surface area contributed by atoms with E-state index in [1.54, 1.807) is 0 Å². The summed E-state index contributed by atoms with van der Waals surface area (Å²) >= 11 is 0. The van der Waals surface area contributed by atoms with Crippen LogP contribution in [-0.4, -0.2) is 18.7 Å². The van der Waals surface area contributed by atoms with Crippen LogP contribution in [0, 0.1) is 0 Å². The third-order valence-corrected chi connectivity index (χ3v) is 3.74. The van der Waals surface area contributed by atoms with Gasteiger partial charge in [0.2, 0.25) is 0 Å². The van der Waals surface area contributed by atoms with Crippen LogP contribution in [0.15, 0.2) is 24.3 Å². The normalized spacial score (nSPS) is 13.6. The molecule has 0 saturated carbocycles. The van der Waals surface area contributed by atoms with Crippen LogP contribution in [0.5, 0.6) is 5.75 Å². The van der Waals surface area contributed by atoms with E-state index in [2.05, 4.69) is 71.1 Å². The molecule has 2 nitrogen and oxygen atoms in total. The molecule has 0 heterocycles. The van der Waals surface area contributed by atoms with E-state index in [1.807, 2.05) is 0 Å². The molecule has 2 heteroatoms. The Morgan fingerprint density at radius 2 is 1.60 bits per heavy atom. The molecule has 0 aromatic heterocycles. The Morgan fingerprint density at radius 3 is 2.05 bits per heavy atom. The van der Waals surface area contributed by atoms with Crippen molar-refractivity contribution in [1.82, 2.24) is 5.32 Å². The molecule has 0 saturated heterocycles. The van der Waals surface area contributed by atoms with Gasteiger partial charge < -0.3 is 10.1 Å². The lowest BCUT2D eigenvalue weighted by Gasteiger charge is -2.21. The zero-order valence-electron chi connectivity index (χ0n) is 14.0. The van der Waals surface area contributed by atoms with E-state index in [9.17, 15) is 0 Å². The zero-order chi connectivity index (χ0) is 15.2. The quantitative estimate of drug-likeness (QED) is 0.790. The summed E-state index contributed by atoms with van der Waals surface area (Å²) in [6.07, 6.45) is 2.53. The highest BCUT2D eigenvalue weighted by Crippen LogP contribution is 2.24. The smallest absolute Gasteiger partial charge is 0.119 e. The zero-order valence-corrected chi connectivity index (χ0v) is 14.0. The molecule has 0 aliphatic rings. The Labute approximate surface area is 124 Å². The van der Waals surface area contributed by atoms with Crippen molar-refractivity contribution in [2.45, 2.75) is 71.9 Å². The van der Waals surface area contributed by atoms with Crippen LogP contribution in [0.4, 0.5) is 0 Å². The number of rotatable bonds is 7. The van der Waals surface area contributed by atoms with Crippen LogP contribution in [0.25, 0.3) is 0 Å². The Morgan fingerprint density at radius 1 is 1.05 bits per heavy atom. The monoisotopic (exact) mass is 277 g/mol. The van der Waals surface area contributed by atoms with Crippen molar-refractivity contribution >= 4 is 0 Å². The van der Waals surface area contributed by atoms with Crippen molar-refractivity contribution in [3.8, 4) is 5.75 Å². The second-order valence-corrected chi connectivity index (χ2v) is 6.62. The summed E-state index contributed by atoms with van der Waals surface area (Å²) in [5.41, 5.74) is 1.54. The number of hydrogen-bond donors (Lipinski definition) is 1. The van der Waals surface area contributed by atoms with Crippen LogP contribution >= 0.6 is 0 Å². The maximum atomic E-state index is 5.96. The minimum atomic E-state index is 0.191. The van der Waals surface area contributed by atoms with Crippen LogP contribution in [-0.2, 0) is 5.41 Å². The summed E-state index contributed by atoms with van der Waals surface area (Å²) in [6, 6.07) is 9.08. The van der Waals surface area contributed by atoms with Gasteiger partial charge in [-0.05, 0) is 42.9 Å². The SMILES string of the molecule is CCC(CC)NCC(C)Oc1ccc(C(C)(C)C)cc1. The molecule has 1 rings (SSSR count). The first-order chi connectivity index (χ1) is 9.36. The van der Waals surface area contributed by atoms with E-state index < -0.39 is 0 Å². The van der Waals surface area contributed by atoms with E-state index >= 15 is 0 Å². The third-order valence-electron chi connectivity index (χ3n) is 3.74. The van der Waals surface area contributed by atoms with Gasteiger partial charge in [0.05, 0.1) is 0 Å². The first-order valence-electron chi connectivity index (χ1n) is 7.87. The van der Waals surface area contributed by atoms with Gasteiger partial charge in [0.1, 0.15) is 11.9 Å². The van der Waals surface area contributed by atoms with Gasteiger partial charge in [-0.2, -0.15) is 0 Å². The van der Waals surface area contributed by atoms with Crippen molar-refractivity contribution in [3.63, 3.8) is 0 Å². The van der Waals surface area contributed by atoms with Crippen molar-refractivity contribution in [2.24, 2.45) is 0 Å². The summed E-state index contributed by atoms with van der Waals surface area (Å²) in [4.78, 5) is 0. The average molecular weight is 277 g/mol. The van der Waals surface area contributed by atoms with Crippen LogP contribution in [0.2, 0.25) is 0 Å². The summed E-state index contributed by atoms with van der Waals surface area (Å²) in [6.45, 7) is 14.1. The number of benzene rings is 1. The lowest BCUT2D eigenvalue weighted by atomic mass is 9.87. The fraction of sp³-hybridized carbons (Fsp3) is 0.667. The first kappa shape index (κ1) is 17.0. The molecular weight excluding hydrogens is 246 g/mol. The number of ether oxygens (including phenoxy) is 1. The van der Waals surface area contributed by atoms with Crippen molar-refractivity contribution < 1.29 is 4.74 Å². The summed E-state index contributed by atoms with van der Waals surface area (Å²) in [7, 11) is 0. The van der Waals surface area contributed by atoms with Gasteiger partial charge in [0.25, 0.3) is 0 Å². The van der Waals surface area contributed by atoms with E-state index in [4.69, 9.17) is 4.74 Å². The molecule has 20 heavy (non-hydrogen) atoms.